The van der Waals surface area contributed by atoms with E-state index in [1.54, 1.807) is 0 Å². The van der Waals surface area contributed by atoms with Crippen LogP contribution in [0.1, 0.15) is 278 Å². The number of hydrogen-bond donors (Lipinski definition) is 0. The molecule has 0 aliphatic carbocycles. The highest BCUT2D eigenvalue weighted by atomic mass is 16.6. The van der Waals surface area contributed by atoms with Gasteiger partial charge in [-0.15, -0.1) is 0 Å². The minimum atomic E-state index is -0.809. The molecule has 0 amide bonds. The summed E-state index contributed by atoms with van der Waals surface area (Å²) in [5.74, 6) is -0.957. The minimum absolute atomic E-state index is 0.101. The van der Waals surface area contributed by atoms with E-state index >= 15 is 0 Å². The second-order valence-corrected chi connectivity index (χ2v) is 21.2. The highest BCUT2D eigenvalue weighted by Gasteiger charge is 2.19. The van der Waals surface area contributed by atoms with Crippen LogP contribution in [-0.2, 0) is 28.6 Å². The number of rotatable bonds is 58. The monoisotopic (exact) mass is 1120 g/mol. The summed E-state index contributed by atoms with van der Waals surface area (Å²) in [4.78, 5) is 38.3. The highest BCUT2D eigenvalue weighted by Crippen LogP contribution is 2.15. The van der Waals surface area contributed by atoms with E-state index in [0.717, 1.165) is 148 Å². The van der Waals surface area contributed by atoms with Gasteiger partial charge in [-0.2, -0.15) is 0 Å². The number of carbonyl (C=O) groups is 3. The van der Waals surface area contributed by atoms with Crippen molar-refractivity contribution in [2.45, 2.75) is 284 Å². The van der Waals surface area contributed by atoms with Crippen molar-refractivity contribution in [3.63, 3.8) is 0 Å². The third-order valence-corrected chi connectivity index (χ3v) is 13.5. The molecule has 1 unspecified atom stereocenters. The molecule has 0 aliphatic rings. The van der Waals surface area contributed by atoms with Crippen LogP contribution in [0.25, 0.3) is 0 Å². The zero-order valence-electron chi connectivity index (χ0n) is 52.2. The Kier molecular flexibility index (Phi) is 63.4. The number of unbranched alkanes of at least 4 members (excludes halogenated alkanes) is 21. The molecule has 6 nitrogen and oxygen atoms in total. The van der Waals surface area contributed by atoms with Crippen molar-refractivity contribution in [1.82, 2.24) is 0 Å². The van der Waals surface area contributed by atoms with Crippen molar-refractivity contribution in [2.24, 2.45) is 0 Å². The van der Waals surface area contributed by atoms with Crippen LogP contribution in [0.2, 0.25) is 0 Å². The average Bonchev–Trinajstić information content (AvgIpc) is 3.47. The van der Waals surface area contributed by atoms with E-state index in [0.29, 0.717) is 19.3 Å². The van der Waals surface area contributed by atoms with Crippen molar-refractivity contribution in [3.05, 3.63) is 158 Å². The Morgan fingerprint density at radius 1 is 0.247 bits per heavy atom. The van der Waals surface area contributed by atoms with Crippen LogP contribution in [0.3, 0.4) is 0 Å². The van der Waals surface area contributed by atoms with Gasteiger partial charge in [-0.05, 0) is 141 Å². The Morgan fingerprint density at radius 2 is 0.444 bits per heavy atom. The topological polar surface area (TPSA) is 78.9 Å². The van der Waals surface area contributed by atoms with Crippen molar-refractivity contribution in [3.8, 4) is 0 Å². The number of esters is 3. The number of allylic oxidation sites excluding steroid dienone is 26. The van der Waals surface area contributed by atoms with Gasteiger partial charge in [-0.3, -0.25) is 14.4 Å². The lowest BCUT2D eigenvalue weighted by Crippen LogP contribution is -2.30. The lowest BCUT2D eigenvalue weighted by atomic mass is 10.0. The van der Waals surface area contributed by atoms with E-state index in [-0.39, 0.29) is 31.1 Å². The van der Waals surface area contributed by atoms with Crippen LogP contribution >= 0.6 is 0 Å². The van der Waals surface area contributed by atoms with Gasteiger partial charge in [0.2, 0.25) is 0 Å². The summed E-state index contributed by atoms with van der Waals surface area (Å²) in [6.07, 6.45) is 98.3. The molecule has 0 N–H and O–H groups in total. The van der Waals surface area contributed by atoms with Crippen LogP contribution in [0.4, 0.5) is 0 Å². The second-order valence-electron chi connectivity index (χ2n) is 21.2. The first-order valence-electron chi connectivity index (χ1n) is 33.0. The number of ether oxygens (including phenoxy) is 3. The fourth-order valence-corrected chi connectivity index (χ4v) is 8.69. The third kappa shape index (κ3) is 65.7. The summed E-state index contributed by atoms with van der Waals surface area (Å²) in [5.41, 5.74) is 0. The zero-order chi connectivity index (χ0) is 58.5. The van der Waals surface area contributed by atoms with Gasteiger partial charge in [0.1, 0.15) is 13.2 Å². The first-order valence-corrected chi connectivity index (χ1v) is 33.0. The van der Waals surface area contributed by atoms with E-state index in [1.165, 1.54) is 89.9 Å². The molecule has 456 valence electrons. The van der Waals surface area contributed by atoms with Gasteiger partial charge in [0.15, 0.2) is 6.10 Å². The van der Waals surface area contributed by atoms with E-state index in [9.17, 15) is 14.4 Å². The van der Waals surface area contributed by atoms with Gasteiger partial charge in [-0.1, -0.05) is 275 Å². The van der Waals surface area contributed by atoms with Crippen LogP contribution < -0.4 is 0 Å². The molecule has 0 aliphatic heterocycles. The first kappa shape index (κ1) is 76.0. The molecule has 0 aromatic carbocycles. The molecule has 0 aromatic rings. The SMILES string of the molecule is CC/C=C\C/C=C\C/C=C\C/C=C\C/C=C\C/C=C\CCCCCCCCCCCCCCC(=O)OCC(COC(=O)CCCC/C=C\C/C=C\C/C=C\C/C=C\CC)OC(=O)CCCCCCCCC/C=C\C/C=C\C/C=C\CC. The van der Waals surface area contributed by atoms with Crippen molar-refractivity contribution >= 4 is 17.9 Å². The summed E-state index contributed by atoms with van der Waals surface area (Å²) in [6, 6.07) is 0. The van der Waals surface area contributed by atoms with Gasteiger partial charge in [0, 0.05) is 19.3 Å². The first-order chi connectivity index (χ1) is 40.0. The molecular formula is C75H120O6. The Morgan fingerprint density at radius 3 is 0.716 bits per heavy atom. The van der Waals surface area contributed by atoms with Gasteiger partial charge in [0.25, 0.3) is 0 Å². The largest absolute Gasteiger partial charge is 0.462 e. The van der Waals surface area contributed by atoms with Crippen LogP contribution in [0, 0.1) is 0 Å². The maximum absolute atomic E-state index is 12.9. The van der Waals surface area contributed by atoms with E-state index in [4.69, 9.17) is 14.2 Å². The predicted molar refractivity (Wildman–Crippen MR) is 352 cm³/mol. The molecule has 0 fully saturated rings. The molecule has 0 spiro atoms. The highest BCUT2D eigenvalue weighted by molar-refractivity contribution is 5.71. The molecule has 6 heteroatoms. The van der Waals surface area contributed by atoms with Crippen molar-refractivity contribution < 1.29 is 28.6 Å². The molecule has 0 saturated carbocycles. The molecular weight excluding hydrogens is 997 g/mol. The van der Waals surface area contributed by atoms with Crippen molar-refractivity contribution in [1.29, 1.82) is 0 Å². The molecule has 1 atom stereocenters. The van der Waals surface area contributed by atoms with Crippen LogP contribution in [0.15, 0.2) is 158 Å². The Bertz CT molecular complexity index is 1810. The predicted octanol–water partition coefficient (Wildman–Crippen LogP) is 22.9. The standard InChI is InChI=1S/C75H120O6/c1-4-7-10-13-16-19-22-25-28-30-31-32-33-34-35-36-37-38-39-40-41-42-43-45-47-50-53-56-59-62-65-68-74(77)80-71-72(70-79-73(76)67-64-61-58-55-52-49-46-27-24-21-18-15-12-9-6-3)81-75(78)69-66-63-60-57-54-51-48-44-29-26-23-20-17-14-11-8-5-2/h7-12,16-21,25-29,31-32,34-35,37-38,46,52,55,72H,4-6,13-15,22-24,30,33,36,39-45,47-51,53-54,56-71H2,1-3H3/b10-7-,11-8-,12-9-,19-16-,20-17-,21-18-,28-25-,29-26-,32-31-,35-34-,38-37-,46-27-,55-52-. The molecule has 0 rings (SSSR count). The normalized spacial score (nSPS) is 13.2. The van der Waals surface area contributed by atoms with E-state index < -0.39 is 6.10 Å². The fourth-order valence-electron chi connectivity index (χ4n) is 8.69. The van der Waals surface area contributed by atoms with E-state index in [1.807, 2.05) is 0 Å². The third-order valence-electron chi connectivity index (χ3n) is 13.5. The zero-order valence-corrected chi connectivity index (χ0v) is 52.2. The number of carbonyl (C=O) groups excluding carboxylic acids is 3. The van der Waals surface area contributed by atoms with E-state index in [2.05, 4.69) is 179 Å². The summed E-state index contributed by atoms with van der Waals surface area (Å²) >= 11 is 0. The molecule has 0 aromatic heterocycles. The Labute approximate surface area is 499 Å². The maximum atomic E-state index is 12.9. The molecule has 81 heavy (non-hydrogen) atoms. The molecule has 0 saturated heterocycles. The lowest BCUT2D eigenvalue weighted by molar-refractivity contribution is -0.167. The average molecular weight is 1120 g/mol. The fraction of sp³-hybridized carbons (Fsp3) is 0.613. The summed E-state index contributed by atoms with van der Waals surface area (Å²) in [5, 5.41) is 0. The molecule has 0 bridgehead atoms. The quantitative estimate of drug-likeness (QED) is 0.0261. The minimum Gasteiger partial charge on any atom is -0.462 e. The lowest BCUT2D eigenvalue weighted by Gasteiger charge is -2.18. The van der Waals surface area contributed by atoms with Crippen LogP contribution in [0.5, 0.6) is 0 Å². The molecule has 0 radical (unpaired) electrons. The van der Waals surface area contributed by atoms with Crippen LogP contribution in [-0.4, -0.2) is 37.2 Å². The van der Waals surface area contributed by atoms with Crippen molar-refractivity contribution in [2.75, 3.05) is 13.2 Å². The van der Waals surface area contributed by atoms with Gasteiger partial charge in [-0.25, -0.2) is 0 Å². The Balaban J connectivity index is 4.34. The summed E-state index contributed by atoms with van der Waals surface area (Å²) < 4.78 is 16.9. The summed E-state index contributed by atoms with van der Waals surface area (Å²) in [7, 11) is 0. The Hall–Kier alpha value is -4.97. The summed E-state index contributed by atoms with van der Waals surface area (Å²) in [6.45, 7) is 6.26. The second kappa shape index (κ2) is 67.5. The molecule has 0 heterocycles. The van der Waals surface area contributed by atoms with Gasteiger partial charge in [0.05, 0.1) is 0 Å². The maximum Gasteiger partial charge on any atom is 0.306 e. The van der Waals surface area contributed by atoms with Gasteiger partial charge >= 0.3 is 17.9 Å². The number of hydrogen-bond acceptors (Lipinski definition) is 6. The van der Waals surface area contributed by atoms with Gasteiger partial charge < -0.3 is 14.2 Å². The smallest absolute Gasteiger partial charge is 0.306 e.